The van der Waals surface area contributed by atoms with Crippen LogP contribution in [0, 0.1) is 0 Å². The summed E-state index contributed by atoms with van der Waals surface area (Å²) in [6, 6.07) is 0. The van der Waals surface area contributed by atoms with Gasteiger partial charge in [0.25, 0.3) is 5.92 Å². The molecule has 0 bridgehead atoms. The van der Waals surface area contributed by atoms with Gasteiger partial charge in [-0.2, -0.15) is 8.78 Å². The summed E-state index contributed by atoms with van der Waals surface area (Å²) in [5, 5.41) is 9.01. The van der Waals surface area contributed by atoms with E-state index in [1.807, 2.05) is 0 Å². The first-order chi connectivity index (χ1) is 9.68. The van der Waals surface area contributed by atoms with Crippen LogP contribution < -0.4 is 4.90 Å². The molecule has 1 aromatic rings. The number of aliphatic hydroxyl groups is 1. The van der Waals surface area contributed by atoms with Gasteiger partial charge in [0.1, 0.15) is 11.5 Å². The Labute approximate surface area is 120 Å². The highest BCUT2D eigenvalue weighted by molar-refractivity contribution is 7.90. The average Bonchev–Trinajstić information content (AvgIpc) is 2.92. The number of aliphatic hydroxyl groups excluding tert-OH is 1. The second-order valence-corrected chi connectivity index (χ2v) is 7.43. The minimum atomic E-state index is -3.78. The highest BCUT2D eigenvalue weighted by atomic mass is 32.2. The molecule has 1 aromatic heterocycles. The number of halogens is 2. The first-order valence-corrected chi connectivity index (χ1v) is 8.50. The third-order valence-electron chi connectivity index (χ3n) is 3.79. The number of hydrogen-bond acceptors (Lipinski definition) is 6. The van der Waals surface area contributed by atoms with E-state index in [9.17, 15) is 22.3 Å². The van der Waals surface area contributed by atoms with Crippen molar-refractivity contribution in [3.8, 4) is 0 Å². The Bertz CT molecular complexity index is 693. The van der Waals surface area contributed by atoms with Gasteiger partial charge in [-0.3, -0.25) is 0 Å². The van der Waals surface area contributed by atoms with Crippen molar-refractivity contribution in [2.24, 2.45) is 0 Å². The smallest absolute Gasteiger partial charge is 0.290 e. The van der Waals surface area contributed by atoms with E-state index in [1.54, 1.807) is 4.90 Å². The fourth-order valence-electron chi connectivity index (χ4n) is 2.75. The summed E-state index contributed by atoms with van der Waals surface area (Å²) in [6.45, 7) is 0.720. The van der Waals surface area contributed by atoms with Crippen molar-refractivity contribution in [1.29, 1.82) is 0 Å². The first kappa shape index (κ1) is 14.6. The van der Waals surface area contributed by atoms with Crippen molar-refractivity contribution in [2.45, 2.75) is 36.4 Å². The van der Waals surface area contributed by atoms with E-state index < -0.39 is 39.1 Å². The fourth-order valence-corrected chi connectivity index (χ4v) is 3.26. The number of aromatic nitrogens is 2. The molecule has 6 nitrogen and oxygen atoms in total. The van der Waals surface area contributed by atoms with Crippen LogP contribution in [-0.4, -0.2) is 48.9 Å². The lowest BCUT2D eigenvalue weighted by Gasteiger charge is -2.20. The molecule has 0 amide bonds. The van der Waals surface area contributed by atoms with Gasteiger partial charge in [0, 0.05) is 31.3 Å². The van der Waals surface area contributed by atoms with Gasteiger partial charge in [0.05, 0.1) is 6.10 Å². The van der Waals surface area contributed by atoms with E-state index in [-0.39, 0.29) is 18.8 Å². The van der Waals surface area contributed by atoms with Gasteiger partial charge >= 0.3 is 0 Å². The van der Waals surface area contributed by atoms with Gasteiger partial charge < -0.3 is 10.0 Å². The van der Waals surface area contributed by atoms with Gasteiger partial charge in [0.2, 0.25) is 15.0 Å². The van der Waals surface area contributed by atoms with E-state index in [0.29, 0.717) is 18.5 Å². The average molecular weight is 319 g/mol. The van der Waals surface area contributed by atoms with E-state index in [2.05, 4.69) is 9.97 Å². The lowest BCUT2D eigenvalue weighted by molar-refractivity contribution is -0.00652. The molecule has 2 heterocycles. The van der Waals surface area contributed by atoms with Crippen LogP contribution in [0.5, 0.6) is 0 Å². The Morgan fingerprint density at radius 1 is 1.38 bits per heavy atom. The number of fused-ring (bicyclic) bond motifs is 1. The van der Waals surface area contributed by atoms with Gasteiger partial charge in [-0.05, 0) is 12.8 Å². The number of nitrogens with zero attached hydrogens (tertiary/aromatic N) is 3. The summed E-state index contributed by atoms with van der Waals surface area (Å²) in [4.78, 5) is 9.22. The zero-order valence-electron chi connectivity index (χ0n) is 11.4. The van der Waals surface area contributed by atoms with E-state index >= 15 is 0 Å². The number of β-amino-alcohol motifs (C(OH)–C–C–N with tert-alkyl or cyclic N) is 1. The first-order valence-electron chi connectivity index (χ1n) is 6.61. The number of sulfone groups is 1. The molecule has 1 aliphatic carbocycles. The second-order valence-electron chi connectivity index (χ2n) is 5.52. The quantitative estimate of drug-likeness (QED) is 0.799. The molecule has 0 aromatic carbocycles. The van der Waals surface area contributed by atoms with Crippen LogP contribution in [0.3, 0.4) is 0 Å². The van der Waals surface area contributed by atoms with Crippen molar-refractivity contribution < 1.29 is 22.3 Å². The highest BCUT2D eigenvalue weighted by Gasteiger charge is 2.44. The maximum Gasteiger partial charge on any atom is 0.290 e. The lowest BCUT2D eigenvalue weighted by atomic mass is 10.2. The van der Waals surface area contributed by atoms with Crippen LogP contribution in [-0.2, 0) is 22.2 Å². The molecule has 1 atom stereocenters. The van der Waals surface area contributed by atoms with E-state index in [0.717, 1.165) is 6.26 Å². The molecule has 0 spiro atoms. The topological polar surface area (TPSA) is 83.4 Å². The summed E-state index contributed by atoms with van der Waals surface area (Å²) in [7, 11) is -3.78. The van der Waals surface area contributed by atoms with Crippen molar-refractivity contribution in [1.82, 2.24) is 9.97 Å². The molecule has 9 heteroatoms. The highest BCUT2D eigenvalue weighted by Crippen LogP contribution is 2.44. The van der Waals surface area contributed by atoms with E-state index in [4.69, 9.17) is 0 Å². The minimum absolute atomic E-state index is 0.105. The predicted octanol–water partition coefficient (Wildman–Crippen LogP) is 0.489. The molecule has 116 valence electrons. The SMILES string of the molecule is CS(=O)(=O)c1nc(N2CCC(O)C2)c2c(n1)C(F)(F)CC2. The van der Waals surface area contributed by atoms with Crippen molar-refractivity contribution >= 4 is 15.7 Å². The van der Waals surface area contributed by atoms with Crippen LogP contribution >= 0.6 is 0 Å². The monoisotopic (exact) mass is 319 g/mol. The zero-order valence-corrected chi connectivity index (χ0v) is 12.2. The maximum absolute atomic E-state index is 13.9. The van der Waals surface area contributed by atoms with Crippen molar-refractivity contribution in [3.05, 3.63) is 11.3 Å². The standard InChI is InChI=1S/C12H15F2N3O3S/c1-21(19,20)11-15-9-8(2-4-12(9,13)14)10(16-11)17-5-3-7(18)6-17/h7,18H,2-6H2,1H3. The maximum atomic E-state index is 13.9. The molecule has 0 radical (unpaired) electrons. The summed E-state index contributed by atoms with van der Waals surface area (Å²) in [5.74, 6) is -2.92. The third-order valence-corrected chi connectivity index (χ3v) is 4.64. The fraction of sp³-hybridized carbons (Fsp3) is 0.667. The molecular formula is C12H15F2N3O3S. The van der Waals surface area contributed by atoms with Crippen LogP contribution in [0.2, 0.25) is 0 Å². The Morgan fingerprint density at radius 2 is 2.10 bits per heavy atom. The van der Waals surface area contributed by atoms with Crippen LogP contribution in [0.4, 0.5) is 14.6 Å². The molecule has 1 unspecified atom stereocenters. The van der Waals surface area contributed by atoms with Crippen LogP contribution in [0.1, 0.15) is 24.1 Å². The zero-order chi connectivity index (χ0) is 15.4. The van der Waals surface area contributed by atoms with Gasteiger partial charge in [-0.15, -0.1) is 0 Å². The predicted molar refractivity (Wildman–Crippen MR) is 70.2 cm³/mol. The Balaban J connectivity index is 2.17. The number of anilines is 1. The molecule has 21 heavy (non-hydrogen) atoms. The number of rotatable bonds is 2. The van der Waals surface area contributed by atoms with Crippen molar-refractivity contribution in [3.63, 3.8) is 0 Å². The molecule has 1 saturated heterocycles. The lowest BCUT2D eigenvalue weighted by Crippen LogP contribution is -2.25. The molecular weight excluding hydrogens is 304 g/mol. The van der Waals surface area contributed by atoms with Crippen molar-refractivity contribution in [2.75, 3.05) is 24.2 Å². The molecule has 1 aliphatic heterocycles. The summed E-state index contributed by atoms with van der Waals surface area (Å²) in [6.07, 6.45) is 0.551. The Morgan fingerprint density at radius 3 is 2.67 bits per heavy atom. The summed E-state index contributed by atoms with van der Waals surface area (Å²) < 4.78 is 51.1. The Hall–Kier alpha value is -1.35. The molecule has 1 fully saturated rings. The van der Waals surface area contributed by atoms with Crippen LogP contribution in [0.25, 0.3) is 0 Å². The molecule has 1 N–H and O–H groups in total. The third kappa shape index (κ3) is 2.48. The normalized spacial score (nSPS) is 24.4. The van der Waals surface area contributed by atoms with Crippen LogP contribution in [0.15, 0.2) is 5.16 Å². The summed E-state index contributed by atoms with van der Waals surface area (Å²) in [5.41, 5.74) is -0.198. The minimum Gasteiger partial charge on any atom is -0.391 e. The van der Waals surface area contributed by atoms with Gasteiger partial charge in [-0.1, -0.05) is 0 Å². The number of hydrogen-bond donors (Lipinski definition) is 1. The summed E-state index contributed by atoms with van der Waals surface area (Å²) >= 11 is 0. The molecule has 2 aliphatic rings. The Kier molecular flexibility index (Phi) is 3.17. The molecule has 3 rings (SSSR count). The second kappa shape index (κ2) is 4.57. The number of alkyl halides is 2. The molecule has 0 saturated carbocycles. The van der Waals surface area contributed by atoms with Gasteiger partial charge in [0.15, 0.2) is 0 Å². The largest absolute Gasteiger partial charge is 0.391 e. The van der Waals surface area contributed by atoms with E-state index in [1.165, 1.54) is 0 Å². The van der Waals surface area contributed by atoms with Gasteiger partial charge in [-0.25, -0.2) is 18.4 Å².